The van der Waals surface area contributed by atoms with Crippen molar-refractivity contribution in [2.24, 2.45) is 17.6 Å². The van der Waals surface area contributed by atoms with E-state index in [-0.39, 0.29) is 35.5 Å². The highest BCUT2D eigenvalue weighted by atomic mass is 16.5. The lowest BCUT2D eigenvalue weighted by Crippen LogP contribution is -2.65. The van der Waals surface area contributed by atoms with Gasteiger partial charge in [0.1, 0.15) is 34.3 Å². The van der Waals surface area contributed by atoms with Gasteiger partial charge in [0.25, 0.3) is 5.91 Å². The number of nitrogens with one attached hydrogen (secondary N) is 1. The van der Waals surface area contributed by atoms with E-state index in [1.165, 1.54) is 11.0 Å². The van der Waals surface area contributed by atoms with Crippen molar-refractivity contribution in [3.8, 4) is 28.4 Å². The van der Waals surface area contributed by atoms with Crippen LogP contribution < -0.4 is 15.8 Å². The van der Waals surface area contributed by atoms with Gasteiger partial charge in [-0.3, -0.25) is 19.3 Å². The molecule has 0 unspecified atom stereocenters. The number of Topliss-reactive ketones (excluding diaryl/α,β-unsaturated/α-hetero) is 2. The third-order valence-corrected chi connectivity index (χ3v) is 10.0. The quantitative estimate of drug-likeness (QED) is 0.130. The second-order valence-corrected chi connectivity index (χ2v) is 13.1. The van der Waals surface area contributed by atoms with Gasteiger partial charge in [-0.25, -0.2) is 0 Å². The van der Waals surface area contributed by atoms with Crippen LogP contribution >= 0.6 is 0 Å². The predicted octanol–water partition coefficient (Wildman–Crippen LogP) is 2.68. The zero-order valence-corrected chi connectivity index (χ0v) is 27.4. The number of aromatic hydroxyl groups is 2. The van der Waals surface area contributed by atoms with Crippen molar-refractivity contribution in [3.63, 3.8) is 0 Å². The average molecular weight is 670 g/mol. The summed E-state index contributed by atoms with van der Waals surface area (Å²) in [6.07, 6.45) is 0.899. The Bertz CT molecular complexity index is 1930. The lowest BCUT2D eigenvalue weighted by atomic mass is 9.57. The van der Waals surface area contributed by atoms with E-state index in [0.29, 0.717) is 35.5 Å². The fourth-order valence-corrected chi connectivity index (χ4v) is 7.70. The van der Waals surface area contributed by atoms with Gasteiger partial charge in [0.15, 0.2) is 11.4 Å². The number of rotatable bonds is 9. The lowest BCUT2D eigenvalue weighted by molar-refractivity contribution is -0.153. The molecule has 49 heavy (non-hydrogen) atoms. The Balaban J connectivity index is 1.39. The Morgan fingerprint density at radius 3 is 2.35 bits per heavy atom. The number of benzene rings is 3. The summed E-state index contributed by atoms with van der Waals surface area (Å²) in [6, 6.07) is 14.7. The molecular weight excluding hydrogens is 630 g/mol. The predicted molar refractivity (Wildman–Crippen MR) is 180 cm³/mol. The number of carbonyl (C=O) groups is 3. The number of methoxy groups -OCH3 is 1. The minimum Gasteiger partial charge on any atom is -0.508 e. The Morgan fingerprint density at radius 2 is 1.69 bits per heavy atom. The summed E-state index contributed by atoms with van der Waals surface area (Å²) in [4.78, 5) is 41.3. The first-order chi connectivity index (χ1) is 23.3. The first-order valence-corrected chi connectivity index (χ1v) is 15.9. The average Bonchev–Trinajstić information content (AvgIpc) is 3.05. The van der Waals surface area contributed by atoms with Crippen LogP contribution in [0.4, 0.5) is 0 Å². The van der Waals surface area contributed by atoms with Crippen LogP contribution in [0.2, 0.25) is 0 Å². The highest BCUT2D eigenvalue weighted by Gasteiger charge is 2.64. The van der Waals surface area contributed by atoms with Crippen LogP contribution in [0.5, 0.6) is 17.2 Å². The van der Waals surface area contributed by atoms with E-state index >= 15 is 0 Å². The van der Waals surface area contributed by atoms with Crippen molar-refractivity contribution >= 4 is 23.2 Å². The van der Waals surface area contributed by atoms with Crippen LogP contribution in [0.3, 0.4) is 0 Å². The monoisotopic (exact) mass is 669 g/mol. The van der Waals surface area contributed by atoms with E-state index in [2.05, 4.69) is 5.32 Å². The molecule has 1 saturated carbocycles. The van der Waals surface area contributed by atoms with Crippen LogP contribution in [-0.2, 0) is 33.8 Å². The molecular formula is C37H39N3O9. The van der Waals surface area contributed by atoms with Crippen molar-refractivity contribution in [3.05, 3.63) is 93.8 Å². The molecule has 0 aromatic heterocycles. The molecule has 0 spiro atoms. The van der Waals surface area contributed by atoms with Gasteiger partial charge in [-0.1, -0.05) is 24.3 Å². The molecule has 4 atom stereocenters. The minimum absolute atomic E-state index is 0.00766. The molecule has 3 aliphatic carbocycles. The van der Waals surface area contributed by atoms with E-state index in [1.54, 1.807) is 39.4 Å². The molecule has 6 rings (SSSR count). The van der Waals surface area contributed by atoms with Crippen molar-refractivity contribution in [2.45, 2.75) is 37.5 Å². The molecule has 0 saturated heterocycles. The van der Waals surface area contributed by atoms with Crippen molar-refractivity contribution in [2.75, 3.05) is 27.7 Å². The standard InChI is InChI=1S/C37H39N3O9/c1-40(2)31-25-16-20-15-24-22(23-14-19(6-11-27(23)49-3)17-39-13-12-18-4-7-21(41)8-5-18)9-10-26(42)29(24)32(43)28(20)34(45)37(25,48)35(46)30(33(31)44)36(38)47/h4-11,14,20,25,31,39,41-43,46,48H,12-13,15-17H2,1-3H3,(H2,38,47)/t20-,25-,31-,37-/m0/s1. The van der Waals surface area contributed by atoms with Gasteiger partial charge in [0.05, 0.1) is 18.7 Å². The Kier molecular flexibility index (Phi) is 8.74. The Labute approximate surface area is 282 Å². The molecule has 12 nitrogen and oxygen atoms in total. The number of aliphatic hydroxyl groups excluding tert-OH is 2. The number of nitrogens with zero attached hydrogens (tertiary/aromatic N) is 1. The fraction of sp³-hybridized carbons (Fsp3) is 0.324. The van der Waals surface area contributed by atoms with Gasteiger partial charge in [0.2, 0.25) is 5.78 Å². The fourth-order valence-electron chi connectivity index (χ4n) is 7.70. The van der Waals surface area contributed by atoms with Gasteiger partial charge < -0.3 is 41.3 Å². The van der Waals surface area contributed by atoms with E-state index in [4.69, 9.17) is 10.5 Å². The molecule has 8 N–H and O–H groups in total. The number of carbonyl (C=O) groups excluding carboxylic acids is 3. The number of phenols is 2. The summed E-state index contributed by atoms with van der Waals surface area (Å²) >= 11 is 0. The maximum Gasteiger partial charge on any atom is 0.255 e. The SMILES string of the molecule is COc1ccc(CNCCc2ccc(O)cc2)cc1-c1ccc(O)c2c1C[C@H]1C[C@H]3[C@H](N(C)C)C(=O)C(C(N)=O)=C(O)[C@@]3(O)C(=O)C1=C2O. The highest BCUT2D eigenvalue weighted by molar-refractivity contribution is 6.24. The zero-order chi connectivity index (χ0) is 35.4. The number of nitrogens with two attached hydrogens (primary N) is 1. The molecule has 0 heterocycles. The van der Waals surface area contributed by atoms with Gasteiger partial charge in [-0.2, -0.15) is 0 Å². The number of ketones is 2. The Morgan fingerprint density at radius 1 is 1.00 bits per heavy atom. The van der Waals surface area contributed by atoms with E-state index in [1.807, 2.05) is 30.3 Å². The lowest BCUT2D eigenvalue weighted by Gasteiger charge is -2.50. The van der Waals surface area contributed by atoms with E-state index in [0.717, 1.165) is 17.5 Å². The van der Waals surface area contributed by atoms with Gasteiger partial charge in [0, 0.05) is 23.6 Å². The van der Waals surface area contributed by atoms with Crippen LogP contribution in [0.15, 0.2) is 71.5 Å². The second kappa shape index (κ2) is 12.7. The summed E-state index contributed by atoms with van der Waals surface area (Å²) in [5.41, 5.74) is 5.56. The maximum atomic E-state index is 14.2. The van der Waals surface area contributed by atoms with E-state index in [9.17, 15) is 39.9 Å². The van der Waals surface area contributed by atoms with Crippen LogP contribution in [0.1, 0.15) is 28.7 Å². The van der Waals surface area contributed by atoms with Gasteiger partial charge >= 0.3 is 0 Å². The molecule has 3 aromatic carbocycles. The number of hydrogen-bond donors (Lipinski definition) is 7. The van der Waals surface area contributed by atoms with E-state index < -0.39 is 58.0 Å². The summed E-state index contributed by atoms with van der Waals surface area (Å²) in [7, 11) is 4.66. The molecule has 256 valence electrons. The minimum atomic E-state index is -2.70. The van der Waals surface area contributed by atoms with Gasteiger partial charge in [-0.15, -0.1) is 0 Å². The summed E-state index contributed by atoms with van der Waals surface area (Å²) in [5, 5.41) is 58.6. The number of ether oxygens (including phenoxy) is 1. The largest absolute Gasteiger partial charge is 0.508 e. The van der Waals surface area contributed by atoms with Crippen LogP contribution in [-0.4, -0.2) is 87.3 Å². The van der Waals surface area contributed by atoms with Crippen LogP contribution in [0.25, 0.3) is 16.9 Å². The van der Waals surface area contributed by atoms with Gasteiger partial charge in [-0.05, 0) is 98.4 Å². The summed E-state index contributed by atoms with van der Waals surface area (Å²) in [5.74, 6) is -6.24. The molecule has 0 radical (unpaired) electrons. The van der Waals surface area contributed by atoms with Crippen molar-refractivity contribution in [1.82, 2.24) is 10.2 Å². The maximum absolute atomic E-state index is 14.2. The number of primary amides is 1. The second-order valence-electron chi connectivity index (χ2n) is 13.1. The normalized spacial score (nSPS) is 23.3. The number of aliphatic hydroxyl groups is 3. The highest BCUT2D eigenvalue weighted by Crippen LogP contribution is 2.54. The molecule has 3 aromatic rings. The zero-order valence-electron chi connectivity index (χ0n) is 27.4. The number of fused-ring (bicyclic) bond motifs is 3. The molecule has 3 aliphatic rings. The number of amides is 1. The molecule has 1 fully saturated rings. The number of phenolic OH excluding ortho intramolecular Hbond substituents is 2. The molecule has 1 amide bonds. The first kappa shape index (κ1) is 33.7. The number of hydrogen-bond acceptors (Lipinski definition) is 11. The van der Waals surface area contributed by atoms with Crippen LogP contribution in [0, 0.1) is 11.8 Å². The summed E-state index contributed by atoms with van der Waals surface area (Å²) in [6.45, 7) is 1.22. The van der Waals surface area contributed by atoms with Crippen molar-refractivity contribution < 1.29 is 44.7 Å². The third kappa shape index (κ3) is 5.51. The molecule has 0 aliphatic heterocycles. The van der Waals surface area contributed by atoms with Crippen molar-refractivity contribution in [1.29, 1.82) is 0 Å². The topological polar surface area (TPSA) is 203 Å². The molecule has 0 bridgehead atoms. The number of likely N-dealkylation sites (N-methyl/N-ethyl adjacent to an activating group) is 1. The third-order valence-electron chi connectivity index (χ3n) is 10.0. The Hall–Kier alpha value is -5.17. The summed E-state index contributed by atoms with van der Waals surface area (Å²) < 4.78 is 5.72. The smallest absolute Gasteiger partial charge is 0.255 e. The molecule has 12 heteroatoms. The first-order valence-electron chi connectivity index (χ1n) is 15.9.